The van der Waals surface area contributed by atoms with E-state index in [0.717, 1.165) is 32.7 Å². The highest BCUT2D eigenvalue weighted by atomic mass is 16.5. The molecule has 1 aliphatic carbocycles. The molecule has 1 atom stereocenters. The summed E-state index contributed by atoms with van der Waals surface area (Å²) in [6, 6.07) is 0. The highest BCUT2D eigenvalue weighted by Crippen LogP contribution is 2.34. The largest absolute Gasteiger partial charge is 0.384 e. The Labute approximate surface area is 128 Å². The van der Waals surface area contributed by atoms with Crippen LogP contribution in [0, 0.1) is 5.92 Å². The summed E-state index contributed by atoms with van der Waals surface area (Å²) >= 11 is 0. The molecule has 118 valence electrons. The number of nitrogens with one attached hydrogen (secondary N) is 1. The zero-order valence-corrected chi connectivity index (χ0v) is 13.5. The van der Waals surface area contributed by atoms with Gasteiger partial charge in [0.05, 0.1) is 12.3 Å². The van der Waals surface area contributed by atoms with Gasteiger partial charge in [-0.25, -0.2) is 4.98 Å². The zero-order valence-electron chi connectivity index (χ0n) is 13.5. The molecule has 4 heteroatoms. The number of aromatic nitrogens is 2. The third-order valence-corrected chi connectivity index (χ3v) is 4.93. The van der Waals surface area contributed by atoms with Gasteiger partial charge >= 0.3 is 0 Å². The molecule has 2 aliphatic rings. The lowest BCUT2D eigenvalue weighted by atomic mass is 9.88. The molecule has 21 heavy (non-hydrogen) atoms. The number of methoxy groups -OCH3 is 1. The van der Waals surface area contributed by atoms with E-state index in [1.54, 1.807) is 7.11 Å². The van der Waals surface area contributed by atoms with Gasteiger partial charge < -0.3 is 14.6 Å². The van der Waals surface area contributed by atoms with Crippen molar-refractivity contribution in [1.82, 2.24) is 14.9 Å². The van der Waals surface area contributed by atoms with E-state index in [-0.39, 0.29) is 0 Å². The normalized spacial score (nSPS) is 21.2. The van der Waals surface area contributed by atoms with Crippen molar-refractivity contribution in [1.29, 1.82) is 0 Å². The first-order valence-electron chi connectivity index (χ1n) is 8.57. The molecule has 0 radical (unpaired) electrons. The third kappa shape index (κ3) is 3.32. The summed E-state index contributed by atoms with van der Waals surface area (Å²) < 4.78 is 7.89. The fourth-order valence-electron chi connectivity index (χ4n) is 3.92. The van der Waals surface area contributed by atoms with E-state index in [4.69, 9.17) is 9.72 Å². The Morgan fingerprint density at radius 3 is 2.90 bits per heavy atom. The van der Waals surface area contributed by atoms with Gasteiger partial charge in [0.2, 0.25) is 0 Å². The van der Waals surface area contributed by atoms with E-state index in [9.17, 15) is 0 Å². The van der Waals surface area contributed by atoms with E-state index in [0.29, 0.717) is 11.8 Å². The minimum absolute atomic E-state index is 0.547. The third-order valence-electron chi connectivity index (χ3n) is 4.93. The predicted molar refractivity (Wildman–Crippen MR) is 84.5 cm³/mol. The molecule has 4 nitrogen and oxygen atoms in total. The average Bonchev–Trinajstić information content (AvgIpc) is 2.87. The van der Waals surface area contributed by atoms with Crippen molar-refractivity contribution in [3.8, 4) is 0 Å². The van der Waals surface area contributed by atoms with Gasteiger partial charge in [0, 0.05) is 44.8 Å². The van der Waals surface area contributed by atoms with Crippen molar-refractivity contribution >= 4 is 0 Å². The molecular weight excluding hydrogens is 262 g/mol. The zero-order chi connectivity index (χ0) is 14.7. The number of imidazole rings is 1. The first-order valence-corrected chi connectivity index (χ1v) is 8.57. The Morgan fingerprint density at radius 1 is 1.33 bits per heavy atom. The number of rotatable bonds is 5. The van der Waals surface area contributed by atoms with Crippen LogP contribution in [-0.4, -0.2) is 29.8 Å². The molecule has 1 aliphatic heterocycles. The van der Waals surface area contributed by atoms with E-state index >= 15 is 0 Å². The van der Waals surface area contributed by atoms with E-state index in [2.05, 4.69) is 16.8 Å². The van der Waals surface area contributed by atoms with Crippen molar-refractivity contribution in [3.05, 3.63) is 17.2 Å². The summed E-state index contributed by atoms with van der Waals surface area (Å²) in [6.07, 6.45) is 7.90. The SMILES string of the molecule is COCC(C)Cn1c(C2CCCCC2)nc2c1CCNC2. The summed E-state index contributed by atoms with van der Waals surface area (Å²) in [5.41, 5.74) is 2.78. The average molecular weight is 291 g/mol. The van der Waals surface area contributed by atoms with Crippen LogP contribution in [0.25, 0.3) is 0 Å². The highest BCUT2D eigenvalue weighted by Gasteiger charge is 2.26. The fourth-order valence-corrected chi connectivity index (χ4v) is 3.92. The molecule has 0 bridgehead atoms. The topological polar surface area (TPSA) is 39.1 Å². The Balaban J connectivity index is 1.87. The quantitative estimate of drug-likeness (QED) is 0.906. The van der Waals surface area contributed by atoms with E-state index < -0.39 is 0 Å². The Kier molecular flexibility index (Phi) is 4.96. The molecule has 1 saturated carbocycles. The van der Waals surface area contributed by atoms with Gasteiger partial charge in [0.25, 0.3) is 0 Å². The Morgan fingerprint density at radius 2 is 2.14 bits per heavy atom. The number of hydrogen-bond acceptors (Lipinski definition) is 3. The fraction of sp³-hybridized carbons (Fsp3) is 0.824. The van der Waals surface area contributed by atoms with Crippen molar-refractivity contribution in [2.75, 3.05) is 20.3 Å². The van der Waals surface area contributed by atoms with Crippen LogP contribution in [0.1, 0.15) is 62.2 Å². The molecular formula is C17H29N3O. The molecule has 0 spiro atoms. The molecule has 0 amide bonds. The maximum atomic E-state index is 5.34. The van der Waals surface area contributed by atoms with Gasteiger partial charge in [0.15, 0.2) is 0 Å². The van der Waals surface area contributed by atoms with Crippen molar-refractivity contribution in [3.63, 3.8) is 0 Å². The molecule has 1 N–H and O–H groups in total. The number of hydrogen-bond donors (Lipinski definition) is 1. The standard InChI is InChI=1S/C17H29N3O/c1-13(12-21-2)11-20-16-8-9-18-10-15(16)19-17(20)14-6-4-3-5-7-14/h13-14,18H,3-12H2,1-2H3. The van der Waals surface area contributed by atoms with Crippen molar-refractivity contribution < 1.29 is 4.74 Å². The molecule has 0 saturated heterocycles. The maximum absolute atomic E-state index is 5.34. The van der Waals surface area contributed by atoms with Crippen LogP contribution in [0.5, 0.6) is 0 Å². The summed E-state index contributed by atoms with van der Waals surface area (Å²) in [7, 11) is 1.80. The minimum Gasteiger partial charge on any atom is -0.384 e. The van der Waals surface area contributed by atoms with E-state index in [1.807, 2.05) is 0 Å². The summed E-state index contributed by atoms with van der Waals surface area (Å²) in [5, 5.41) is 3.46. The summed E-state index contributed by atoms with van der Waals surface area (Å²) in [5.74, 6) is 2.59. The summed E-state index contributed by atoms with van der Waals surface area (Å²) in [4.78, 5) is 5.05. The minimum atomic E-state index is 0.547. The molecule has 1 aromatic heterocycles. The van der Waals surface area contributed by atoms with Crippen LogP contribution >= 0.6 is 0 Å². The first-order chi connectivity index (χ1) is 10.3. The number of nitrogens with zero attached hydrogens (tertiary/aromatic N) is 2. The van der Waals surface area contributed by atoms with Crippen molar-refractivity contribution in [2.24, 2.45) is 5.92 Å². The molecule has 1 fully saturated rings. The van der Waals surface area contributed by atoms with Crippen LogP contribution in [0.15, 0.2) is 0 Å². The predicted octanol–water partition coefficient (Wildman–Crippen LogP) is 2.86. The van der Waals surface area contributed by atoms with Crippen LogP contribution in [0.3, 0.4) is 0 Å². The van der Waals surface area contributed by atoms with Gasteiger partial charge in [-0.1, -0.05) is 26.2 Å². The van der Waals surface area contributed by atoms with Gasteiger partial charge in [-0.3, -0.25) is 0 Å². The molecule has 3 rings (SSSR count). The molecule has 1 aromatic rings. The van der Waals surface area contributed by atoms with Gasteiger partial charge in [-0.2, -0.15) is 0 Å². The van der Waals surface area contributed by atoms with Gasteiger partial charge in [0.1, 0.15) is 5.82 Å². The smallest absolute Gasteiger partial charge is 0.112 e. The van der Waals surface area contributed by atoms with Crippen LogP contribution in [0.4, 0.5) is 0 Å². The number of ether oxygens (including phenoxy) is 1. The molecule has 1 unspecified atom stereocenters. The lowest BCUT2D eigenvalue weighted by Crippen LogP contribution is -2.26. The molecule has 2 heterocycles. The lowest BCUT2D eigenvalue weighted by Gasteiger charge is -2.24. The van der Waals surface area contributed by atoms with Crippen LogP contribution in [0.2, 0.25) is 0 Å². The maximum Gasteiger partial charge on any atom is 0.112 e. The lowest BCUT2D eigenvalue weighted by molar-refractivity contribution is 0.150. The monoisotopic (exact) mass is 291 g/mol. The highest BCUT2D eigenvalue weighted by molar-refractivity contribution is 5.22. The Hall–Kier alpha value is -0.870. The molecule has 0 aromatic carbocycles. The second-order valence-corrected chi connectivity index (χ2v) is 6.80. The van der Waals surface area contributed by atoms with Gasteiger partial charge in [-0.15, -0.1) is 0 Å². The van der Waals surface area contributed by atoms with E-state index in [1.165, 1.54) is 49.3 Å². The number of fused-ring (bicyclic) bond motifs is 1. The Bertz CT molecular complexity index is 463. The first kappa shape index (κ1) is 15.0. The van der Waals surface area contributed by atoms with Crippen LogP contribution in [-0.2, 0) is 24.2 Å². The van der Waals surface area contributed by atoms with Crippen molar-refractivity contribution in [2.45, 2.75) is 64.5 Å². The van der Waals surface area contributed by atoms with Crippen LogP contribution < -0.4 is 5.32 Å². The second kappa shape index (κ2) is 6.93. The second-order valence-electron chi connectivity index (χ2n) is 6.80. The van der Waals surface area contributed by atoms with Gasteiger partial charge in [-0.05, 0) is 18.8 Å². The summed E-state index contributed by atoms with van der Waals surface area (Å²) in [6.45, 7) is 6.20.